The van der Waals surface area contributed by atoms with E-state index in [0.717, 1.165) is 39.4 Å². The molecule has 0 unspecified atom stereocenters. The zero-order valence-corrected chi connectivity index (χ0v) is 14.8. The molecule has 0 spiro atoms. The third kappa shape index (κ3) is 3.87. The van der Waals surface area contributed by atoms with Crippen LogP contribution in [-0.4, -0.2) is 72.2 Å². The summed E-state index contributed by atoms with van der Waals surface area (Å²) in [5.41, 5.74) is 0.626. The minimum Gasteiger partial charge on any atom is -0.475 e. The number of pyridine rings is 1. The van der Waals surface area contributed by atoms with E-state index in [1.54, 1.807) is 18.3 Å². The molecule has 24 heavy (non-hydrogen) atoms. The van der Waals surface area contributed by atoms with Gasteiger partial charge in [0.05, 0.1) is 24.9 Å². The summed E-state index contributed by atoms with van der Waals surface area (Å²) in [7, 11) is 0. The number of ether oxygens (including phenoxy) is 2. The van der Waals surface area contributed by atoms with Crippen LogP contribution >= 0.6 is 0 Å². The van der Waals surface area contributed by atoms with E-state index in [1.807, 2.05) is 18.7 Å². The lowest BCUT2D eigenvalue weighted by atomic mass is 10.0. The maximum Gasteiger partial charge on any atom is 0.255 e. The van der Waals surface area contributed by atoms with Gasteiger partial charge in [0, 0.05) is 44.5 Å². The summed E-state index contributed by atoms with van der Waals surface area (Å²) in [4.78, 5) is 21.4. The van der Waals surface area contributed by atoms with Crippen molar-refractivity contribution >= 4 is 5.91 Å². The number of carbonyl (C=O) groups is 1. The minimum absolute atomic E-state index is 0.0567. The van der Waals surface area contributed by atoms with Crippen LogP contribution in [0.5, 0.6) is 5.88 Å². The molecule has 0 saturated carbocycles. The van der Waals surface area contributed by atoms with Crippen LogP contribution in [0.3, 0.4) is 0 Å². The first-order valence-electron chi connectivity index (χ1n) is 8.78. The van der Waals surface area contributed by atoms with E-state index in [4.69, 9.17) is 9.47 Å². The molecule has 3 heterocycles. The van der Waals surface area contributed by atoms with Gasteiger partial charge < -0.3 is 14.4 Å². The highest BCUT2D eigenvalue weighted by Crippen LogP contribution is 2.24. The Balaban J connectivity index is 1.62. The molecule has 1 amide bonds. The highest BCUT2D eigenvalue weighted by atomic mass is 16.5. The quantitative estimate of drug-likeness (QED) is 0.839. The lowest BCUT2D eigenvalue weighted by Gasteiger charge is -2.33. The van der Waals surface area contributed by atoms with E-state index < -0.39 is 0 Å². The molecular weight excluding hydrogens is 306 g/mol. The number of likely N-dealkylation sites (tertiary alicyclic amines) is 1. The fraction of sp³-hybridized carbons (Fsp3) is 0.667. The van der Waals surface area contributed by atoms with Gasteiger partial charge in [-0.3, -0.25) is 9.69 Å². The molecule has 0 bridgehead atoms. The zero-order chi connectivity index (χ0) is 17.1. The highest BCUT2D eigenvalue weighted by molar-refractivity contribution is 5.94. The monoisotopic (exact) mass is 333 g/mol. The van der Waals surface area contributed by atoms with Gasteiger partial charge in [0.25, 0.3) is 5.91 Å². The number of nitrogens with zero attached hydrogens (tertiary/aromatic N) is 3. The van der Waals surface area contributed by atoms with Gasteiger partial charge in [-0.05, 0) is 25.8 Å². The second-order valence-electron chi connectivity index (χ2n) is 6.95. The molecule has 2 fully saturated rings. The lowest BCUT2D eigenvalue weighted by molar-refractivity contribution is 0.0119. The molecule has 0 aliphatic carbocycles. The fourth-order valence-corrected chi connectivity index (χ4v) is 3.50. The van der Waals surface area contributed by atoms with Crippen molar-refractivity contribution in [3.05, 3.63) is 23.9 Å². The highest BCUT2D eigenvalue weighted by Gasteiger charge is 2.36. The number of carbonyl (C=O) groups excluding carboxylic acids is 1. The summed E-state index contributed by atoms with van der Waals surface area (Å²) in [6.45, 7) is 11.2. The van der Waals surface area contributed by atoms with E-state index in [2.05, 4.69) is 16.8 Å². The van der Waals surface area contributed by atoms with Gasteiger partial charge in [-0.2, -0.15) is 0 Å². The number of rotatable bonds is 4. The molecule has 3 rings (SSSR count). The molecule has 2 aliphatic heterocycles. The van der Waals surface area contributed by atoms with Gasteiger partial charge in [-0.15, -0.1) is 0 Å². The summed E-state index contributed by atoms with van der Waals surface area (Å²) < 4.78 is 11.0. The van der Waals surface area contributed by atoms with Crippen molar-refractivity contribution in [1.82, 2.24) is 14.8 Å². The summed E-state index contributed by atoms with van der Waals surface area (Å²) >= 11 is 0. The van der Waals surface area contributed by atoms with E-state index in [9.17, 15) is 4.79 Å². The smallest absolute Gasteiger partial charge is 0.255 e. The number of hydrogen-bond donors (Lipinski definition) is 0. The van der Waals surface area contributed by atoms with Crippen LogP contribution in [-0.2, 0) is 4.74 Å². The van der Waals surface area contributed by atoms with Crippen LogP contribution in [0.4, 0.5) is 0 Å². The van der Waals surface area contributed by atoms with Crippen LogP contribution in [0.1, 0.15) is 31.1 Å². The van der Waals surface area contributed by atoms with E-state index in [0.29, 0.717) is 23.4 Å². The first kappa shape index (κ1) is 17.2. The molecule has 0 N–H and O–H groups in total. The Bertz CT molecular complexity index is 555. The van der Waals surface area contributed by atoms with Crippen molar-refractivity contribution < 1.29 is 14.3 Å². The maximum atomic E-state index is 12.8. The Kier molecular flexibility index (Phi) is 5.36. The Morgan fingerprint density at radius 3 is 2.67 bits per heavy atom. The second kappa shape index (κ2) is 7.49. The van der Waals surface area contributed by atoms with Crippen molar-refractivity contribution in [2.75, 3.05) is 39.4 Å². The number of hydrogen-bond acceptors (Lipinski definition) is 5. The summed E-state index contributed by atoms with van der Waals surface area (Å²) in [6, 6.07) is 4.00. The molecule has 6 nitrogen and oxygen atoms in total. The van der Waals surface area contributed by atoms with Crippen molar-refractivity contribution in [2.24, 2.45) is 5.92 Å². The molecule has 2 aliphatic rings. The van der Waals surface area contributed by atoms with Gasteiger partial charge in [0.2, 0.25) is 5.88 Å². The third-order valence-electron chi connectivity index (χ3n) is 4.71. The topological polar surface area (TPSA) is 54.9 Å². The standard InChI is InChI=1S/C18H27N3O3/c1-13(2)24-17-5-4-15(10-19-17)18(22)21-11-14(3)16(12-21)20-6-8-23-9-7-20/h4-5,10,13-14,16H,6-9,11-12H2,1-3H3/t14-,16+/m1/s1. The van der Waals surface area contributed by atoms with Crippen LogP contribution in [0.25, 0.3) is 0 Å². The second-order valence-corrected chi connectivity index (χ2v) is 6.95. The normalized spacial score (nSPS) is 25.2. The van der Waals surface area contributed by atoms with Gasteiger partial charge in [0.1, 0.15) is 0 Å². The zero-order valence-electron chi connectivity index (χ0n) is 14.8. The number of aromatic nitrogens is 1. The summed E-state index contributed by atoms with van der Waals surface area (Å²) in [6.07, 6.45) is 1.69. The first-order valence-corrected chi connectivity index (χ1v) is 8.78. The van der Waals surface area contributed by atoms with E-state index >= 15 is 0 Å². The Morgan fingerprint density at radius 1 is 1.29 bits per heavy atom. The summed E-state index contributed by atoms with van der Waals surface area (Å²) in [5, 5.41) is 0. The van der Waals surface area contributed by atoms with Crippen molar-refractivity contribution in [2.45, 2.75) is 32.9 Å². The minimum atomic E-state index is 0.0567. The van der Waals surface area contributed by atoms with Crippen LogP contribution in [0.2, 0.25) is 0 Å². The molecule has 6 heteroatoms. The fourth-order valence-electron chi connectivity index (χ4n) is 3.50. The van der Waals surface area contributed by atoms with Crippen molar-refractivity contribution in [3.63, 3.8) is 0 Å². The number of amides is 1. The van der Waals surface area contributed by atoms with Crippen LogP contribution < -0.4 is 4.74 Å². The molecule has 1 aromatic heterocycles. The van der Waals surface area contributed by atoms with Gasteiger partial charge in [-0.1, -0.05) is 6.92 Å². The molecular formula is C18H27N3O3. The Labute approximate surface area is 143 Å². The van der Waals surface area contributed by atoms with Gasteiger partial charge >= 0.3 is 0 Å². The molecule has 0 aromatic carbocycles. The molecule has 0 radical (unpaired) electrons. The molecule has 2 atom stereocenters. The van der Waals surface area contributed by atoms with Gasteiger partial charge in [-0.25, -0.2) is 4.98 Å². The van der Waals surface area contributed by atoms with E-state index in [-0.39, 0.29) is 12.0 Å². The van der Waals surface area contributed by atoms with Crippen molar-refractivity contribution in [1.29, 1.82) is 0 Å². The Hall–Kier alpha value is -1.66. The molecule has 132 valence electrons. The van der Waals surface area contributed by atoms with Crippen LogP contribution in [0, 0.1) is 5.92 Å². The average molecular weight is 333 g/mol. The lowest BCUT2D eigenvalue weighted by Crippen LogP contribution is -2.47. The largest absolute Gasteiger partial charge is 0.475 e. The number of morpholine rings is 1. The predicted octanol–water partition coefficient (Wildman–Crippen LogP) is 1.66. The maximum absolute atomic E-state index is 12.8. The summed E-state index contributed by atoms with van der Waals surface area (Å²) in [5.74, 6) is 1.09. The molecule has 1 aromatic rings. The van der Waals surface area contributed by atoms with E-state index in [1.165, 1.54) is 0 Å². The van der Waals surface area contributed by atoms with Crippen LogP contribution in [0.15, 0.2) is 18.3 Å². The Morgan fingerprint density at radius 2 is 2.04 bits per heavy atom. The molecule has 2 saturated heterocycles. The van der Waals surface area contributed by atoms with Crippen molar-refractivity contribution in [3.8, 4) is 5.88 Å². The predicted molar refractivity (Wildman–Crippen MR) is 91.2 cm³/mol. The first-order chi connectivity index (χ1) is 11.5. The van der Waals surface area contributed by atoms with Gasteiger partial charge in [0.15, 0.2) is 0 Å². The SMILES string of the molecule is CC(C)Oc1ccc(C(=O)N2C[C@@H](C)[C@@H](N3CCOCC3)C2)cn1. The third-order valence-corrected chi connectivity index (χ3v) is 4.71. The average Bonchev–Trinajstić information content (AvgIpc) is 2.97.